The Morgan fingerprint density at radius 2 is 2.00 bits per heavy atom. The Labute approximate surface area is 164 Å². The van der Waals surface area contributed by atoms with Crippen molar-refractivity contribution in [3.63, 3.8) is 0 Å². The molecule has 2 aromatic heterocycles. The number of nitrogens with zero attached hydrogens (tertiary/aromatic N) is 3. The number of hydrogen-bond acceptors (Lipinski definition) is 3. The predicted molar refractivity (Wildman–Crippen MR) is 110 cm³/mol. The fourth-order valence-electron chi connectivity index (χ4n) is 2.34. The van der Waals surface area contributed by atoms with Gasteiger partial charge in [-0.2, -0.15) is 5.10 Å². The number of rotatable bonds is 6. The molecule has 0 aliphatic carbocycles. The highest BCUT2D eigenvalue weighted by molar-refractivity contribution is 14.0. The van der Waals surface area contributed by atoms with Crippen molar-refractivity contribution >= 4 is 29.9 Å². The highest BCUT2D eigenvalue weighted by Crippen LogP contribution is 2.07. The Bertz CT molecular complexity index is 768. The molecule has 0 atom stereocenters. The van der Waals surface area contributed by atoms with Crippen LogP contribution in [0.2, 0.25) is 0 Å². The molecule has 3 rings (SSSR count). The van der Waals surface area contributed by atoms with Gasteiger partial charge in [0, 0.05) is 38.3 Å². The Kier molecular flexibility index (Phi) is 7.52. The van der Waals surface area contributed by atoms with Gasteiger partial charge in [-0.15, -0.1) is 24.0 Å². The van der Waals surface area contributed by atoms with Gasteiger partial charge in [-0.05, 0) is 24.3 Å². The molecule has 25 heavy (non-hydrogen) atoms. The zero-order valence-corrected chi connectivity index (χ0v) is 16.4. The molecule has 7 heteroatoms. The quantitative estimate of drug-likeness (QED) is 0.344. The van der Waals surface area contributed by atoms with Crippen molar-refractivity contribution in [2.45, 2.75) is 13.0 Å². The zero-order valence-electron chi connectivity index (χ0n) is 14.1. The van der Waals surface area contributed by atoms with Crippen molar-refractivity contribution in [2.24, 2.45) is 4.99 Å². The normalized spacial score (nSPS) is 11.0. The molecule has 2 N–H and O–H groups in total. The summed E-state index contributed by atoms with van der Waals surface area (Å²) in [5, 5.41) is 10.9. The average Bonchev–Trinajstić information content (AvgIpc) is 3.30. The Balaban J connectivity index is 0.00000225. The van der Waals surface area contributed by atoms with E-state index in [0.717, 1.165) is 35.9 Å². The van der Waals surface area contributed by atoms with Gasteiger partial charge < -0.3 is 15.1 Å². The minimum absolute atomic E-state index is 0. The second-order valence-corrected chi connectivity index (χ2v) is 5.31. The van der Waals surface area contributed by atoms with E-state index in [0.29, 0.717) is 6.54 Å². The number of furan rings is 1. The van der Waals surface area contributed by atoms with E-state index in [1.807, 2.05) is 59.5 Å². The van der Waals surface area contributed by atoms with Crippen LogP contribution < -0.4 is 10.6 Å². The molecule has 2 heterocycles. The first-order chi connectivity index (χ1) is 11.8. The van der Waals surface area contributed by atoms with E-state index in [9.17, 15) is 0 Å². The largest absolute Gasteiger partial charge is 0.469 e. The fourth-order valence-corrected chi connectivity index (χ4v) is 2.34. The van der Waals surface area contributed by atoms with E-state index in [1.54, 1.807) is 13.3 Å². The maximum atomic E-state index is 5.31. The second kappa shape index (κ2) is 9.87. The number of hydrogen-bond donors (Lipinski definition) is 2. The van der Waals surface area contributed by atoms with Gasteiger partial charge in [0.2, 0.25) is 0 Å². The first kappa shape index (κ1) is 19.0. The average molecular weight is 451 g/mol. The second-order valence-electron chi connectivity index (χ2n) is 5.31. The van der Waals surface area contributed by atoms with Gasteiger partial charge in [-0.25, -0.2) is 4.68 Å². The van der Waals surface area contributed by atoms with E-state index >= 15 is 0 Å². The van der Waals surface area contributed by atoms with Crippen molar-refractivity contribution in [3.05, 3.63) is 72.4 Å². The van der Waals surface area contributed by atoms with E-state index < -0.39 is 0 Å². The van der Waals surface area contributed by atoms with Gasteiger partial charge in [0.25, 0.3) is 0 Å². The van der Waals surface area contributed by atoms with Gasteiger partial charge in [-0.3, -0.25) is 4.99 Å². The molecule has 0 aliphatic rings. The molecule has 0 unspecified atom stereocenters. The monoisotopic (exact) mass is 451 g/mol. The van der Waals surface area contributed by atoms with Crippen LogP contribution in [0, 0.1) is 0 Å². The summed E-state index contributed by atoms with van der Waals surface area (Å²) in [4.78, 5) is 4.22. The Hall–Kier alpha value is -2.29. The van der Waals surface area contributed by atoms with Crippen LogP contribution in [0.1, 0.15) is 11.3 Å². The van der Waals surface area contributed by atoms with Crippen LogP contribution in [-0.2, 0) is 13.0 Å². The lowest BCUT2D eigenvalue weighted by molar-refractivity contribution is 0.507. The molecule has 0 spiro atoms. The van der Waals surface area contributed by atoms with Gasteiger partial charge in [-0.1, -0.05) is 18.2 Å². The third kappa shape index (κ3) is 5.63. The summed E-state index contributed by atoms with van der Waals surface area (Å²) >= 11 is 0. The first-order valence-corrected chi connectivity index (χ1v) is 7.91. The van der Waals surface area contributed by atoms with Crippen LogP contribution in [0.3, 0.4) is 0 Å². The lowest BCUT2D eigenvalue weighted by Crippen LogP contribution is -2.37. The standard InChI is InChI=1S/C18H21N5O.HI/c1-19-18(20-10-9-17-8-5-11-24-17)21-12-15-13-22-23(14-15)16-6-3-2-4-7-16;/h2-8,11,13-14H,9-10,12H2,1H3,(H2,19,20,21);1H. The summed E-state index contributed by atoms with van der Waals surface area (Å²) in [6.07, 6.45) is 6.38. The SMILES string of the molecule is CN=C(NCCc1ccco1)NCc1cnn(-c2ccccc2)c1.I. The first-order valence-electron chi connectivity index (χ1n) is 7.91. The summed E-state index contributed by atoms with van der Waals surface area (Å²) in [7, 11) is 1.76. The minimum Gasteiger partial charge on any atom is -0.469 e. The molecule has 0 amide bonds. The van der Waals surface area contributed by atoms with Crippen molar-refractivity contribution in [1.82, 2.24) is 20.4 Å². The fraction of sp³-hybridized carbons (Fsp3) is 0.222. The van der Waals surface area contributed by atoms with Crippen LogP contribution in [-0.4, -0.2) is 29.3 Å². The summed E-state index contributed by atoms with van der Waals surface area (Å²) in [5.41, 5.74) is 2.14. The molecule has 3 aromatic rings. The summed E-state index contributed by atoms with van der Waals surface area (Å²) in [5.74, 6) is 1.72. The molecule has 0 fully saturated rings. The van der Waals surface area contributed by atoms with Gasteiger partial charge >= 0.3 is 0 Å². The van der Waals surface area contributed by atoms with E-state index in [1.165, 1.54) is 0 Å². The molecule has 0 radical (unpaired) electrons. The van der Waals surface area contributed by atoms with Gasteiger partial charge in [0.15, 0.2) is 5.96 Å². The Morgan fingerprint density at radius 3 is 2.72 bits per heavy atom. The number of benzene rings is 1. The number of aromatic nitrogens is 2. The smallest absolute Gasteiger partial charge is 0.191 e. The molecular formula is C18H22IN5O. The van der Waals surface area contributed by atoms with Gasteiger partial charge in [0.05, 0.1) is 18.1 Å². The predicted octanol–water partition coefficient (Wildman–Crippen LogP) is 2.99. The number of guanidine groups is 1. The number of nitrogens with one attached hydrogen (secondary N) is 2. The highest BCUT2D eigenvalue weighted by atomic mass is 127. The summed E-state index contributed by atoms with van der Waals surface area (Å²) in [6, 6.07) is 13.9. The number of aliphatic imine (C=N–C) groups is 1. The lowest BCUT2D eigenvalue weighted by Gasteiger charge is -2.10. The minimum atomic E-state index is 0. The van der Waals surface area contributed by atoms with E-state index in [2.05, 4.69) is 20.7 Å². The molecule has 1 aromatic carbocycles. The highest BCUT2D eigenvalue weighted by Gasteiger charge is 2.03. The van der Waals surface area contributed by atoms with Crippen LogP contribution in [0.5, 0.6) is 0 Å². The Morgan fingerprint density at radius 1 is 1.16 bits per heavy atom. The van der Waals surface area contributed by atoms with Crippen molar-refractivity contribution in [2.75, 3.05) is 13.6 Å². The lowest BCUT2D eigenvalue weighted by atomic mass is 10.3. The zero-order chi connectivity index (χ0) is 16.6. The van der Waals surface area contributed by atoms with Crippen LogP contribution in [0.15, 0.2) is 70.5 Å². The molecule has 132 valence electrons. The van der Waals surface area contributed by atoms with Crippen LogP contribution >= 0.6 is 24.0 Å². The number of para-hydroxylation sites is 1. The van der Waals surface area contributed by atoms with E-state index in [4.69, 9.17) is 4.42 Å². The maximum absolute atomic E-state index is 5.31. The van der Waals surface area contributed by atoms with Crippen molar-refractivity contribution in [3.8, 4) is 5.69 Å². The summed E-state index contributed by atoms with van der Waals surface area (Å²) in [6.45, 7) is 1.42. The molecule has 0 aliphatic heterocycles. The molecule has 0 saturated heterocycles. The number of halogens is 1. The summed E-state index contributed by atoms with van der Waals surface area (Å²) < 4.78 is 7.18. The molecular weight excluding hydrogens is 429 g/mol. The maximum Gasteiger partial charge on any atom is 0.191 e. The topological polar surface area (TPSA) is 67.4 Å². The molecule has 0 bridgehead atoms. The third-order valence-corrected chi connectivity index (χ3v) is 3.58. The van der Waals surface area contributed by atoms with Crippen molar-refractivity contribution < 1.29 is 4.42 Å². The molecule has 6 nitrogen and oxygen atoms in total. The van der Waals surface area contributed by atoms with E-state index in [-0.39, 0.29) is 24.0 Å². The molecule has 0 saturated carbocycles. The van der Waals surface area contributed by atoms with Crippen molar-refractivity contribution in [1.29, 1.82) is 0 Å². The van der Waals surface area contributed by atoms with Crippen LogP contribution in [0.4, 0.5) is 0 Å². The van der Waals surface area contributed by atoms with Crippen LogP contribution in [0.25, 0.3) is 5.69 Å². The third-order valence-electron chi connectivity index (χ3n) is 3.58. The van der Waals surface area contributed by atoms with Gasteiger partial charge in [0.1, 0.15) is 5.76 Å².